The minimum Gasteiger partial charge on any atom is -0.507 e. The first-order valence-electron chi connectivity index (χ1n) is 8.06. The number of piperidine rings is 1. The van der Waals surface area contributed by atoms with Crippen LogP contribution in [0.1, 0.15) is 32.3 Å². The number of allylic oxidation sites excluding steroid dienone is 4. The second-order valence-corrected chi connectivity index (χ2v) is 5.88. The summed E-state index contributed by atoms with van der Waals surface area (Å²) in [6.45, 7) is 5.73. The van der Waals surface area contributed by atoms with Gasteiger partial charge >= 0.3 is 0 Å². The van der Waals surface area contributed by atoms with Gasteiger partial charge in [0.2, 0.25) is 0 Å². The summed E-state index contributed by atoms with van der Waals surface area (Å²) in [5, 5.41) is 29.7. The molecule has 1 saturated heterocycles. The van der Waals surface area contributed by atoms with Crippen molar-refractivity contribution in [1.29, 1.82) is 10.8 Å². The highest BCUT2D eigenvalue weighted by molar-refractivity contribution is 6.14. The maximum atomic E-state index is 9.93. The summed E-state index contributed by atoms with van der Waals surface area (Å²) in [6.07, 6.45) is 5.88. The van der Waals surface area contributed by atoms with Crippen molar-refractivity contribution in [3.63, 3.8) is 0 Å². The maximum Gasteiger partial charge on any atom is 0.124 e. The Kier molecular flexibility index (Phi) is 5.88. The molecule has 4 nitrogen and oxygen atoms in total. The predicted octanol–water partition coefficient (Wildman–Crippen LogP) is 3.67. The fourth-order valence-corrected chi connectivity index (χ4v) is 3.08. The van der Waals surface area contributed by atoms with Crippen LogP contribution in [0.2, 0.25) is 0 Å². The molecule has 0 amide bonds. The zero-order chi connectivity index (χ0) is 16.8. The lowest BCUT2D eigenvalue weighted by molar-refractivity contribution is 0.423. The molecule has 1 aromatic carbocycles. The number of phenols is 1. The molecule has 0 unspecified atom stereocenters. The summed E-state index contributed by atoms with van der Waals surface area (Å²) in [4.78, 5) is 0. The number of rotatable bonds is 5. The van der Waals surface area contributed by atoms with Crippen LogP contribution in [0.3, 0.4) is 0 Å². The molecular weight excluding hydrogens is 286 g/mol. The Balaban J connectivity index is 2.35. The van der Waals surface area contributed by atoms with Crippen molar-refractivity contribution >= 4 is 11.4 Å². The monoisotopic (exact) mass is 311 g/mol. The molecule has 0 saturated carbocycles. The number of hydrogen-bond donors (Lipinski definition) is 4. The summed E-state index contributed by atoms with van der Waals surface area (Å²) in [5.41, 5.74) is 3.12. The Labute approximate surface area is 138 Å². The zero-order valence-corrected chi connectivity index (χ0v) is 13.8. The summed E-state index contributed by atoms with van der Waals surface area (Å²) in [5.74, 6) is 0.518. The molecule has 0 bridgehead atoms. The third-order valence-corrected chi connectivity index (χ3v) is 4.29. The van der Waals surface area contributed by atoms with Crippen molar-refractivity contribution in [2.75, 3.05) is 13.1 Å². The van der Waals surface area contributed by atoms with Gasteiger partial charge in [-0.1, -0.05) is 18.2 Å². The molecule has 0 radical (unpaired) electrons. The number of nitrogens with one attached hydrogen (secondary N) is 3. The van der Waals surface area contributed by atoms with Crippen molar-refractivity contribution in [3.8, 4) is 5.75 Å². The number of benzene rings is 1. The van der Waals surface area contributed by atoms with Gasteiger partial charge in [0.15, 0.2) is 0 Å². The van der Waals surface area contributed by atoms with E-state index < -0.39 is 0 Å². The van der Waals surface area contributed by atoms with Gasteiger partial charge in [-0.2, -0.15) is 0 Å². The highest BCUT2D eigenvalue weighted by atomic mass is 16.3. The SMILES string of the molecule is C/C=C(\C(=C\C(=N)c1ccccc1O)C(C)=N)C1CCNCC1. The minimum atomic E-state index is 0.0969. The Morgan fingerprint density at radius 1 is 1.22 bits per heavy atom. The average molecular weight is 311 g/mol. The van der Waals surface area contributed by atoms with E-state index in [1.807, 2.05) is 6.92 Å². The summed E-state index contributed by atoms with van der Waals surface area (Å²) in [6, 6.07) is 6.85. The predicted molar refractivity (Wildman–Crippen MR) is 95.8 cm³/mol. The second-order valence-electron chi connectivity index (χ2n) is 5.88. The van der Waals surface area contributed by atoms with Crippen LogP contribution in [-0.4, -0.2) is 29.6 Å². The molecule has 0 spiro atoms. The van der Waals surface area contributed by atoms with Crippen LogP contribution in [0.15, 0.2) is 47.6 Å². The third kappa shape index (κ3) is 4.17. The molecule has 2 rings (SSSR count). The van der Waals surface area contributed by atoms with Crippen LogP contribution < -0.4 is 5.32 Å². The van der Waals surface area contributed by atoms with E-state index in [2.05, 4.69) is 11.4 Å². The summed E-state index contributed by atoms with van der Waals surface area (Å²) >= 11 is 0. The van der Waals surface area contributed by atoms with Crippen molar-refractivity contribution in [1.82, 2.24) is 5.32 Å². The van der Waals surface area contributed by atoms with E-state index in [1.54, 1.807) is 37.3 Å². The van der Waals surface area contributed by atoms with Crippen LogP contribution in [-0.2, 0) is 0 Å². The van der Waals surface area contributed by atoms with Crippen molar-refractivity contribution in [2.45, 2.75) is 26.7 Å². The van der Waals surface area contributed by atoms with Gasteiger partial charge in [0, 0.05) is 16.8 Å². The van der Waals surface area contributed by atoms with E-state index in [0.29, 0.717) is 17.2 Å². The lowest BCUT2D eigenvalue weighted by atomic mass is 9.83. The van der Waals surface area contributed by atoms with E-state index in [1.165, 1.54) is 0 Å². The summed E-state index contributed by atoms with van der Waals surface area (Å²) in [7, 11) is 0. The van der Waals surface area contributed by atoms with E-state index in [-0.39, 0.29) is 11.5 Å². The van der Waals surface area contributed by atoms with E-state index in [9.17, 15) is 5.11 Å². The zero-order valence-electron chi connectivity index (χ0n) is 13.8. The standard InChI is InChI=1S/C19H25N3O/c1-3-15(14-8-10-22-11-9-14)17(13(2)20)12-18(21)16-6-4-5-7-19(16)23/h3-7,12,14,20-23H,8-11H2,1-2H3/b15-3-,17-12+,20-13?,21-18?. The lowest BCUT2D eigenvalue weighted by Gasteiger charge is -2.27. The first-order chi connectivity index (χ1) is 11.0. The number of aromatic hydroxyl groups is 1. The van der Waals surface area contributed by atoms with Crippen LogP contribution in [0.4, 0.5) is 0 Å². The molecule has 0 atom stereocenters. The van der Waals surface area contributed by atoms with Gasteiger partial charge in [-0.3, -0.25) is 0 Å². The van der Waals surface area contributed by atoms with Crippen LogP contribution >= 0.6 is 0 Å². The van der Waals surface area contributed by atoms with Gasteiger partial charge in [-0.05, 0) is 69.5 Å². The van der Waals surface area contributed by atoms with E-state index in [4.69, 9.17) is 10.8 Å². The Bertz CT molecular complexity index is 652. The molecule has 4 heteroatoms. The maximum absolute atomic E-state index is 9.93. The first-order valence-corrected chi connectivity index (χ1v) is 8.06. The smallest absolute Gasteiger partial charge is 0.124 e. The number of phenolic OH excluding ortho intramolecular Hbond substituents is 1. The van der Waals surface area contributed by atoms with Gasteiger partial charge in [-0.15, -0.1) is 0 Å². The van der Waals surface area contributed by atoms with Crippen LogP contribution in [0, 0.1) is 16.7 Å². The minimum absolute atomic E-state index is 0.0969. The van der Waals surface area contributed by atoms with Gasteiger partial charge in [0.1, 0.15) is 5.75 Å². The molecule has 1 heterocycles. The molecule has 0 aliphatic carbocycles. The number of para-hydroxylation sites is 1. The Hall–Kier alpha value is -2.20. The molecule has 1 fully saturated rings. The van der Waals surface area contributed by atoms with Crippen LogP contribution in [0.25, 0.3) is 0 Å². The van der Waals surface area contributed by atoms with E-state index >= 15 is 0 Å². The molecule has 4 N–H and O–H groups in total. The van der Waals surface area contributed by atoms with Gasteiger partial charge < -0.3 is 21.2 Å². The second kappa shape index (κ2) is 7.88. The largest absolute Gasteiger partial charge is 0.507 e. The molecule has 0 aromatic heterocycles. The fraction of sp³-hybridized carbons (Fsp3) is 0.368. The molecule has 122 valence electrons. The molecule has 23 heavy (non-hydrogen) atoms. The molecule has 1 aliphatic rings. The summed E-state index contributed by atoms with van der Waals surface area (Å²) < 4.78 is 0. The van der Waals surface area contributed by atoms with Gasteiger partial charge in [0.25, 0.3) is 0 Å². The van der Waals surface area contributed by atoms with Crippen molar-refractivity contribution in [3.05, 3.63) is 53.1 Å². The van der Waals surface area contributed by atoms with Crippen molar-refractivity contribution < 1.29 is 5.11 Å². The lowest BCUT2D eigenvalue weighted by Crippen LogP contribution is -2.29. The Morgan fingerprint density at radius 2 is 1.87 bits per heavy atom. The van der Waals surface area contributed by atoms with Gasteiger partial charge in [0.05, 0.1) is 5.71 Å². The van der Waals surface area contributed by atoms with Crippen molar-refractivity contribution in [2.24, 2.45) is 5.92 Å². The third-order valence-electron chi connectivity index (χ3n) is 4.29. The highest BCUT2D eigenvalue weighted by Gasteiger charge is 2.21. The molecule has 1 aliphatic heterocycles. The highest BCUT2D eigenvalue weighted by Crippen LogP contribution is 2.29. The van der Waals surface area contributed by atoms with E-state index in [0.717, 1.165) is 37.1 Å². The first kappa shape index (κ1) is 17.2. The normalized spacial score (nSPS) is 17.1. The molecule has 1 aromatic rings. The average Bonchev–Trinajstić information content (AvgIpc) is 2.55. The van der Waals surface area contributed by atoms with Crippen LogP contribution in [0.5, 0.6) is 5.75 Å². The number of hydrogen-bond acceptors (Lipinski definition) is 4. The topological polar surface area (TPSA) is 80.0 Å². The quantitative estimate of drug-likeness (QED) is 0.494. The molecular formula is C19H25N3O. The fourth-order valence-electron chi connectivity index (χ4n) is 3.08. The Morgan fingerprint density at radius 3 is 2.43 bits per heavy atom. The van der Waals surface area contributed by atoms with Gasteiger partial charge in [-0.25, -0.2) is 0 Å².